The Hall–Kier alpha value is -2.24. The summed E-state index contributed by atoms with van der Waals surface area (Å²) in [4.78, 5) is 5.36. The highest BCUT2D eigenvalue weighted by Crippen LogP contribution is 2.30. The number of methoxy groups -OCH3 is 3. The first-order chi connectivity index (χ1) is 17.7. The van der Waals surface area contributed by atoms with Crippen LogP contribution in [0.1, 0.15) is 63.0 Å². The Kier molecular flexibility index (Phi) is 12.4. The Labute approximate surface area is 219 Å². The van der Waals surface area contributed by atoms with Gasteiger partial charge in [0.15, 0.2) is 11.5 Å². The van der Waals surface area contributed by atoms with Gasteiger partial charge < -0.3 is 24.0 Å². The van der Waals surface area contributed by atoms with Crippen LogP contribution < -0.4 is 14.2 Å². The Morgan fingerprint density at radius 2 is 1.56 bits per heavy atom. The lowest BCUT2D eigenvalue weighted by atomic mass is 10.0. The van der Waals surface area contributed by atoms with Crippen LogP contribution in [0, 0.1) is 0 Å². The summed E-state index contributed by atoms with van der Waals surface area (Å²) in [6.45, 7) is 8.32. The monoisotopic (exact) mass is 496 g/mol. The van der Waals surface area contributed by atoms with Crippen molar-refractivity contribution in [2.45, 2.75) is 70.8 Å². The molecule has 2 aromatic carbocycles. The molecule has 5 heteroatoms. The molecule has 0 aromatic heterocycles. The first kappa shape index (κ1) is 28.3. The van der Waals surface area contributed by atoms with Crippen molar-refractivity contribution >= 4 is 0 Å². The van der Waals surface area contributed by atoms with Crippen molar-refractivity contribution in [1.29, 1.82) is 0 Å². The summed E-state index contributed by atoms with van der Waals surface area (Å²) >= 11 is 0. The fraction of sp³-hybridized carbons (Fsp3) is 0.613. The SMILES string of the molecule is CCCN(CCCCCCN1CCC[C@@H]1Cc1ccc(OC)c(OC)c1)CCc1ccc(OC)cc1. The maximum Gasteiger partial charge on any atom is 0.160 e. The van der Waals surface area contributed by atoms with Crippen LogP contribution in [-0.4, -0.2) is 69.9 Å². The van der Waals surface area contributed by atoms with E-state index in [-0.39, 0.29) is 0 Å². The quantitative estimate of drug-likeness (QED) is 0.242. The lowest BCUT2D eigenvalue weighted by Gasteiger charge is -2.25. The second-order valence-corrected chi connectivity index (χ2v) is 10.1. The van der Waals surface area contributed by atoms with E-state index in [4.69, 9.17) is 14.2 Å². The van der Waals surface area contributed by atoms with Gasteiger partial charge in [-0.15, -0.1) is 0 Å². The third-order valence-electron chi connectivity index (χ3n) is 7.50. The van der Waals surface area contributed by atoms with Crippen molar-refractivity contribution in [3.05, 3.63) is 53.6 Å². The Morgan fingerprint density at radius 1 is 0.806 bits per heavy atom. The molecule has 0 spiro atoms. The predicted molar refractivity (Wildman–Crippen MR) is 150 cm³/mol. The van der Waals surface area contributed by atoms with Gasteiger partial charge in [0.1, 0.15) is 5.75 Å². The van der Waals surface area contributed by atoms with Gasteiger partial charge in [0.05, 0.1) is 21.3 Å². The van der Waals surface area contributed by atoms with Gasteiger partial charge in [0.25, 0.3) is 0 Å². The van der Waals surface area contributed by atoms with Crippen molar-refractivity contribution in [3.63, 3.8) is 0 Å². The highest BCUT2D eigenvalue weighted by molar-refractivity contribution is 5.43. The normalized spacial score (nSPS) is 16.0. The Balaban J connectivity index is 1.33. The number of hydrogen-bond donors (Lipinski definition) is 0. The lowest BCUT2D eigenvalue weighted by Crippen LogP contribution is -2.32. The summed E-state index contributed by atoms with van der Waals surface area (Å²) < 4.78 is 16.2. The molecule has 1 atom stereocenters. The molecular formula is C31H48N2O3. The molecule has 1 heterocycles. The van der Waals surface area contributed by atoms with Gasteiger partial charge >= 0.3 is 0 Å². The molecular weight excluding hydrogens is 448 g/mol. The molecule has 0 amide bonds. The molecule has 0 saturated carbocycles. The van der Waals surface area contributed by atoms with Crippen molar-refractivity contribution in [1.82, 2.24) is 9.80 Å². The Morgan fingerprint density at radius 3 is 2.28 bits per heavy atom. The molecule has 0 unspecified atom stereocenters. The van der Waals surface area contributed by atoms with Crippen LogP contribution >= 0.6 is 0 Å². The lowest BCUT2D eigenvalue weighted by molar-refractivity contribution is 0.242. The van der Waals surface area contributed by atoms with Gasteiger partial charge in [-0.05, 0) is 107 Å². The van der Waals surface area contributed by atoms with Gasteiger partial charge in [-0.3, -0.25) is 0 Å². The standard InChI is InChI=1S/C31H48N2O3/c1-5-19-32(23-18-26-12-15-29(34-2)16-13-26)20-8-6-7-9-21-33-22-10-11-28(33)24-27-14-17-30(35-3)31(25-27)36-4/h12-17,25,28H,5-11,18-24H2,1-4H3/t28-/m1/s1. The molecule has 0 radical (unpaired) electrons. The first-order valence-corrected chi connectivity index (χ1v) is 14.0. The van der Waals surface area contributed by atoms with Gasteiger partial charge in [-0.1, -0.05) is 38.0 Å². The number of nitrogens with zero attached hydrogens (tertiary/aromatic N) is 2. The van der Waals surface area contributed by atoms with Crippen LogP contribution in [0.15, 0.2) is 42.5 Å². The summed E-state index contributed by atoms with van der Waals surface area (Å²) in [5.74, 6) is 2.58. The van der Waals surface area contributed by atoms with E-state index in [9.17, 15) is 0 Å². The molecule has 3 rings (SSSR count). The summed E-state index contributed by atoms with van der Waals surface area (Å²) in [5, 5.41) is 0. The maximum absolute atomic E-state index is 5.50. The average molecular weight is 497 g/mol. The van der Waals surface area contributed by atoms with E-state index in [1.54, 1.807) is 21.3 Å². The van der Waals surface area contributed by atoms with Gasteiger partial charge in [0, 0.05) is 12.6 Å². The van der Waals surface area contributed by atoms with Crippen molar-refractivity contribution in [3.8, 4) is 17.2 Å². The second-order valence-electron chi connectivity index (χ2n) is 10.1. The zero-order valence-corrected chi connectivity index (χ0v) is 23.1. The predicted octanol–water partition coefficient (Wildman–Crippen LogP) is 6.23. The third-order valence-corrected chi connectivity index (χ3v) is 7.50. The minimum absolute atomic E-state index is 0.654. The summed E-state index contributed by atoms with van der Waals surface area (Å²) in [5.41, 5.74) is 2.74. The third kappa shape index (κ3) is 9.01. The summed E-state index contributed by atoms with van der Waals surface area (Å²) in [6.07, 6.45) is 11.3. The van der Waals surface area contributed by atoms with Gasteiger partial charge in [0.2, 0.25) is 0 Å². The van der Waals surface area contributed by atoms with Gasteiger partial charge in [-0.2, -0.15) is 0 Å². The molecule has 1 fully saturated rings. The van der Waals surface area contributed by atoms with E-state index >= 15 is 0 Å². The van der Waals surface area contributed by atoms with E-state index in [2.05, 4.69) is 53.1 Å². The maximum atomic E-state index is 5.50. The largest absolute Gasteiger partial charge is 0.497 e. The van der Waals surface area contributed by atoms with E-state index in [0.717, 1.165) is 36.6 Å². The molecule has 0 aliphatic carbocycles. The van der Waals surface area contributed by atoms with E-state index in [0.29, 0.717) is 6.04 Å². The molecule has 1 aliphatic heterocycles. The van der Waals surface area contributed by atoms with Crippen LogP contribution in [-0.2, 0) is 12.8 Å². The van der Waals surface area contributed by atoms with Crippen LogP contribution in [0.25, 0.3) is 0 Å². The molecule has 5 nitrogen and oxygen atoms in total. The zero-order chi connectivity index (χ0) is 25.6. The van der Waals surface area contributed by atoms with Crippen LogP contribution in [0.5, 0.6) is 17.2 Å². The topological polar surface area (TPSA) is 34.2 Å². The van der Waals surface area contributed by atoms with Crippen molar-refractivity contribution in [2.24, 2.45) is 0 Å². The summed E-state index contributed by atoms with van der Waals surface area (Å²) in [6, 6.07) is 15.5. The molecule has 36 heavy (non-hydrogen) atoms. The van der Waals surface area contributed by atoms with E-state index in [1.165, 1.54) is 82.3 Å². The number of benzene rings is 2. The smallest absolute Gasteiger partial charge is 0.160 e. The van der Waals surface area contributed by atoms with Crippen LogP contribution in [0.3, 0.4) is 0 Å². The molecule has 0 N–H and O–H groups in total. The van der Waals surface area contributed by atoms with Crippen molar-refractivity contribution < 1.29 is 14.2 Å². The van der Waals surface area contributed by atoms with Gasteiger partial charge in [-0.25, -0.2) is 0 Å². The highest BCUT2D eigenvalue weighted by atomic mass is 16.5. The van der Waals surface area contributed by atoms with Crippen molar-refractivity contribution in [2.75, 3.05) is 54.1 Å². The number of ether oxygens (including phenoxy) is 3. The molecule has 1 aliphatic rings. The first-order valence-electron chi connectivity index (χ1n) is 14.0. The highest BCUT2D eigenvalue weighted by Gasteiger charge is 2.24. The van der Waals surface area contributed by atoms with Crippen LogP contribution in [0.2, 0.25) is 0 Å². The second kappa shape index (κ2) is 15.8. The number of rotatable bonds is 17. The number of unbranched alkanes of at least 4 members (excludes halogenated alkanes) is 3. The van der Waals surface area contributed by atoms with Crippen LogP contribution in [0.4, 0.5) is 0 Å². The molecule has 1 saturated heterocycles. The zero-order valence-electron chi connectivity index (χ0n) is 23.1. The van der Waals surface area contributed by atoms with E-state index < -0.39 is 0 Å². The fourth-order valence-electron chi connectivity index (χ4n) is 5.44. The average Bonchev–Trinajstić information content (AvgIpc) is 3.35. The minimum Gasteiger partial charge on any atom is -0.497 e. The number of likely N-dealkylation sites (tertiary alicyclic amines) is 1. The summed E-state index contributed by atoms with van der Waals surface area (Å²) in [7, 11) is 5.13. The molecule has 200 valence electrons. The molecule has 0 bridgehead atoms. The molecule has 2 aromatic rings. The number of hydrogen-bond acceptors (Lipinski definition) is 5. The Bertz CT molecular complexity index is 871. The minimum atomic E-state index is 0.654. The fourth-order valence-corrected chi connectivity index (χ4v) is 5.44. The van der Waals surface area contributed by atoms with E-state index in [1.807, 2.05) is 6.07 Å².